The normalized spacial score (nSPS) is 15.6. The van der Waals surface area contributed by atoms with E-state index in [0.717, 1.165) is 27.2 Å². The third-order valence-corrected chi connectivity index (χ3v) is 6.01. The number of amides is 4. The third-order valence-electron chi connectivity index (χ3n) is 6.01. The van der Waals surface area contributed by atoms with E-state index >= 15 is 0 Å². The second kappa shape index (κ2) is 10.3. The van der Waals surface area contributed by atoms with Crippen LogP contribution in [0.3, 0.4) is 0 Å². The molecule has 180 valence electrons. The molecule has 0 bridgehead atoms. The minimum Gasteiger partial charge on any atom is -0.449 e. The molecule has 0 saturated carbocycles. The largest absolute Gasteiger partial charge is 0.449 e. The van der Waals surface area contributed by atoms with E-state index in [1.54, 1.807) is 13.0 Å². The van der Waals surface area contributed by atoms with Crippen molar-refractivity contribution in [2.75, 3.05) is 25.0 Å². The van der Waals surface area contributed by atoms with E-state index < -0.39 is 17.9 Å². The molecule has 2 aromatic rings. The molecule has 0 fully saturated rings. The molecule has 1 aliphatic heterocycles. The molecule has 1 unspecified atom stereocenters. The summed E-state index contributed by atoms with van der Waals surface area (Å²) in [5.74, 6) is -1.51. The van der Waals surface area contributed by atoms with Gasteiger partial charge >= 0.3 is 6.09 Å². The van der Waals surface area contributed by atoms with Crippen LogP contribution < -0.4 is 10.6 Å². The van der Waals surface area contributed by atoms with Crippen LogP contribution in [0.25, 0.3) is 11.1 Å². The van der Waals surface area contributed by atoms with Crippen LogP contribution in [-0.2, 0) is 23.9 Å². The zero-order valence-corrected chi connectivity index (χ0v) is 19.2. The highest BCUT2D eigenvalue weighted by Crippen LogP contribution is 2.45. The van der Waals surface area contributed by atoms with Gasteiger partial charge in [0.1, 0.15) is 6.61 Å². The number of imide groups is 1. The molecule has 4 rings (SSSR count). The van der Waals surface area contributed by atoms with Crippen molar-refractivity contribution in [1.29, 1.82) is 0 Å². The highest BCUT2D eigenvalue weighted by atomic mass is 16.5. The van der Waals surface area contributed by atoms with Crippen LogP contribution in [0.5, 0.6) is 0 Å². The summed E-state index contributed by atoms with van der Waals surface area (Å²) in [7, 11) is 0. The van der Waals surface area contributed by atoms with Crippen molar-refractivity contribution in [3.8, 4) is 11.1 Å². The van der Waals surface area contributed by atoms with Crippen LogP contribution in [0.15, 0.2) is 54.6 Å². The van der Waals surface area contributed by atoms with Crippen LogP contribution in [0.1, 0.15) is 36.8 Å². The number of anilines is 1. The van der Waals surface area contributed by atoms with E-state index in [-0.39, 0.29) is 43.7 Å². The van der Waals surface area contributed by atoms with E-state index in [1.807, 2.05) is 36.4 Å². The van der Waals surface area contributed by atoms with E-state index in [9.17, 15) is 24.0 Å². The smallest absolute Gasteiger partial charge is 0.407 e. The average molecular weight is 476 g/mol. The third kappa shape index (κ3) is 5.29. The van der Waals surface area contributed by atoms with Gasteiger partial charge in [0, 0.05) is 43.1 Å². The molecular formula is C26H25N3O6. The molecule has 0 aromatic heterocycles. The van der Waals surface area contributed by atoms with Gasteiger partial charge in [0.2, 0.25) is 5.91 Å². The van der Waals surface area contributed by atoms with Crippen molar-refractivity contribution in [2.24, 2.45) is 0 Å². The number of nitrogens with zero attached hydrogens (tertiary/aromatic N) is 1. The van der Waals surface area contributed by atoms with Crippen molar-refractivity contribution >= 4 is 35.3 Å². The molecule has 1 heterocycles. The second-order valence-corrected chi connectivity index (χ2v) is 8.25. The Morgan fingerprint density at radius 1 is 0.971 bits per heavy atom. The van der Waals surface area contributed by atoms with Crippen molar-refractivity contribution in [2.45, 2.75) is 25.7 Å². The molecule has 0 saturated heterocycles. The number of fused-ring (bicyclic) bond motifs is 3. The van der Waals surface area contributed by atoms with Gasteiger partial charge in [-0.1, -0.05) is 37.3 Å². The van der Waals surface area contributed by atoms with Gasteiger partial charge < -0.3 is 15.4 Å². The Hall–Kier alpha value is -4.27. The number of hydrogen-bond acceptors (Lipinski definition) is 6. The van der Waals surface area contributed by atoms with Crippen molar-refractivity contribution in [1.82, 2.24) is 10.2 Å². The Balaban J connectivity index is 1.43. The number of nitrogens with one attached hydrogen (secondary N) is 2. The minimum absolute atomic E-state index is 0.000999. The summed E-state index contributed by atoms with van der Waals surface area (Å²) in [4.78, 5) is 60.3. The second-order valence-electron chi connectivity index (χ2n) is 8.25. The number of hydrogen-bond donors (Lipinski definition) is 2. The van der Waals surface area contributed by atoms with Crippen LogP contribution >= 0.6 is 0 Å². The predicted molar refractivity (Wildman–Crippen MR) is 127 cm³/mol. The molecule has 9 heteroatoms. The summed E-state index contributed by atoms with van der Waals surface area (Å²) >= 11 is 0. The molecule has 0 spiro atoms. The van der Waals surface area contributed by atoms with Gasteiger partial charge in [0.25, 0.3) is 11.8 Å². The summed E-state index contributed by atoms with van der Waals surface area (Å²) in [5, 5.41) is 5.27. The molecule has 2 aromatic carbocycles. The predicted octanol–water partition coefficient (Wildman–Crippen LogP) is 2.76. The molecule has 2 aliphatic rings. The minimum atomic E-state index is -0.664. The summed E-state index contributed by atoms with van der Waals surface area (Å²) in [6.45, 7) is 1.72. The first kappa shape index (κ1) is 23.9. The van der Waals surface area contributed by atoms with Gasteiger partial charge in [-0.3, -0.25) is 24.1 Å². The quantitative estimate of drug-likeness (QED) is 0.538. The number of carbonyl (C=O) groups excluding carboxylic acids is 5. The first-order chi connectivity index (χ1) is 16.9. The number of Topliss-reactive ketones (excluding diaryl/α,β-unsaturated/α-hetero) is 1. The zero-order valence-electron chi connectivity index (χ0n) is 19.2. The monoisotopic (exact) mass is 475 g/mol. The van der Waals surface area contributed by atoms with E-state index in [1.165, 1.54) is 12.2 Å². The maximum Gasteiger partial charge on any atom is 0.407 e. The van der Waals surface area contributed by atoms with Crippen molar-refractivity contribution < 1.29 is 28.7 Å². The SMILES string of the molecule is CCC(=O)CNC(=O)OCC1c2ccccc2-c2ccc(NC(=O)CCN3C(=O)C=CC3=O)cc21. The van der Waals surface area contributed by atoms with Gasteiger partial charge in [-0.25, -0.2) is 4.79 Å². The first-order valence-corrected chi connectivity index (χ1v) is 11.4. The van der Waals surface area contributed by atoms with Gasteiger partial charge in [-0.2, -0.15) is 0 Å². The number of rotatable bonds is 9. The fourth-order valence-corrected chi connectivity index (χ4v) is 4.16. The van der Waals surface area contributed by atoms with E-state index in [0.29, 0.717) is 12.1 Å². The Labute approximate surface area is 202 Å². The van der Waals surface area contributed by atoms with Crippen molar-refractivity contribution in [3.05, 3.63) is 65.7 Å². The first-order valence-electron chi connectivity index (χ1n) is 11.4. The van der Waals surface area contributed by atoms with E-state index in [4.69, 9.17) is 4.74 Å². The fraction of sp³-hybridized carbons (Fsp3) is 0.269. The van der Waals surface area contributed by atoms with Crippen LogP contribution in [-0.4, -0.2) is 54.2 Å². The number of alkyl carbamates (subject to hydrolysis) is 1. The summed E-state index contributed by atoms with van der Waals surface area (Å²) in [6.07, 6.45) is 2.01. The lowest BCUT2D eigenvalue weighted by atomic mass is 9.97. The summed E-state index contributed by atoms with van der Waals surface area (Å²) in [5.41, 5.74) is 4.46. The average Bonchev–Trinajstić information content (AvgIpc) is 3.35. The number of ether oxygens (including phenoxy) is 1. The lowest BCUT2D eigenvalue weighted by Crippen LogP contribution is -2.33. The maximum atomic E-state index is 12.5. The molecule has 1 atom stereocenters. The van der Waals surface area contributed by atoms with E-state index in [2.05, 4.69) is 10.6 Å². The van der Waals surface area contributed by atoms with Crippen LogP contribution in [0.4, 0.5) is 10.5 Å². The fourth-order valence-electron chi connectivity index (χ4n) is 4.16. The molecule has 1 aliphatic carbocycles. The maximum absolute atomic E-state index is 12.5. The highest BCUT2D eigenvalue weighted by molar-refractivity contribution is 6.13. The molecule has 0 radical (unpaired) electrons. The van der Waals surface area contributed by atoms with Crippen molar-refractivity contribution in [3.63, 3.8) is 0 Å². The zero-order chi connectivity index (χ0) is 24.9. The summed E-state index contributed by atoms with van der Waals surface area (Å²) in [6, 6.07) is 13.3. The Bertz CT molecular complexity index is 1220. The molecule has 35 heavy (non-hydrogen) atoms. The van der Waals surface area contributed by atoms with Gasteiger partial charge in [-0.15, -0.1) is 0 Å². The molecular weight excluding hydrogens is 450 g/mol. The number of carbonyl (C=O) groups is 5. The van der Waals surface area contributed by atoms with Gasteiger partial charge in [0.15, 0.2) is 5.78 Å². The molecule has 2 N–H and O–H groups in total. The van der Waals surface area contributed by atoms with Gasteiger partial charge in [0.05, 0.1) is 6.54 Å². The molecule has 9 nitrogen and oxygen atoms in total. The highest BCUT2D eigenvalue weighted by Gasteiger charge is 2.30. The van der Waals surface area contributed by atoms with Crippen LogP contribution in [0, 0.1) is 0 Å². The molecule has 4 amide bonds. The Morgan fingerprint density at radius 2 is 1.69 bits per heavy atom. The standard InChI is InChI=1S/C26H25N3O6/c1-2-17(30)14-27-26(34)35-15-22-19-6-4-3-5-18(19)20-8-7-16(13-21(20)22)28-23(31)11-12-29-24(32)9-10-25(29)33/h3-10,13,22H,2,11-12,14-15H2,1H3,(H,27,34)(H,28,31). The number of benzene rings is 2. The van der Waals surface area contributed by atoms with Gasteiger partial charge in [-0.05, 0) is 34.4 Å². The van der Waals surface area contributed by atoms with Crippen LogP contribution in [0.2, 0.25) is 0 Å². The number of ketones is 1. The summed E-state index contributed by atoms with van der Waals surface area (Å²) < 4.78 is 5.41. The lowest BCUT2D eigenvalue weighted by Gasteiger charge is -2.16. The lowest BCUT2D eigenvalue weighted by molar-refractivity contribution is -0.137. The topological polar surface area (TPSA) is 122 Å². The Morgan fingerprint density at radius 3 is 2.43 bits per heavy atom. The Kier molecular flexibility index (Phi) is 7.05.